The molecule has 1 unspecified atom stereocenters. The summed E-state index contributed by atoms with van der Waals surface area (Å²) in [5, 5.41) is 10.4. The van der Waals surface area contributed by atoms with Crippen molar-refractivity contribution in [1.82, 2.24) is 0 Å². The smallest absolute Gasteiger partial charge is 0.258 e. The van der Waals surface area contributed by atoms with Crippen molar-refractivity contribution < 1.29 is 4.92 Å². The van der Waals surface area contributed by atoms with Gasteiger partial charge in [-0.05, 0) is 19.1 Å². The molecule has 1 aromatic carbocycles. The van der Waals surface area contributed by atoms with Gasteiger partial charge in [0.1, 0.15) is 4.21 Å². The maximum Gasteiger partial charge on any atom is 0.269 e. The second-order valence-electron chi connectivity index (χ2n) is 3.09. The van der Waals surface area contributed by atoms with E-state index in [9.17, 15) is 10.1 Å². The van der Waals surface area contributed by atoms with Gasteiger partial charge in [0.15, 0.2) is 0 Å². The number of thioether (sulfide) groups is 1. The summed E-state index contributed by atoms with van der Waals surface area (Å²) in [7, 11) is 0. The fourth-order valence-electron chi connectivity index (χ4n) is 0.909. The number of nitro groups is 1. The van der Waals surface area contributed by atoms with Gasteiger partial charge < -0.3 is 0 Å². The molecule has 0 aromatic heterocycles. The SMILES string of the molecule is CC(Cl)(CCl)Sc1ccc([N+](=O)[O-])cc1. The van der Waals surface area contributed by atoms with E-state index in [-0.39, 0.29) is 5.69 Å². The van der Waals surface area contributed by atoms with Crippen molar-refractivity contribution in [2.45, 2.75) is 16.0 Å². The van der Waals surface area contributed by atoms with Gasteiger partial charge in [-0.25, -0.2) is 0 Å². The van der Waals surface area contributed by atoms with Gasteiger partial charge in [-0.2, -0.15) is 0 Å². The molecule has 1 atom stereocenters. The number of benzene rings is 1. The number of nitro benzene ring substituents is 1. The molecular formula is C9H9Cl2NO2S. The highest BCUT2D eigenvalue weighted by atomic mass is 35.5. The van der Waals surface area contributed by atoms with Crippen molar-refractivity contribution in [2.24, 2.45) is 0 Å². The van der Waals surface area contributed by atoms with Crippen molar-refractivity contribution in [3.63, 3.8) is 0 Å². The van der Waals surface area contributed by atoms with Crippen LogP contribution < -0.4 is 0 Å². The van der Waals surface area contributed by atoms with Crippen molar-refractivity contribution >= 4 is 40.7 Å². The Labute approximate surface area is 102 Å². The fraction of sp³-hybridized carbons (Fsp3) is 0.333. The van der Waals surface area contributed by atoms with Crippen LogP contribution in [0.15, 0.2) is 29.2 Å². The monoisotopic (exact) mass is 265 g/mol. The van der Waals surface area contributed by atoms with E-state index in [1.165, 1.54) is 23.9 Å². The van der Waals surface area contributed by atoms with Crippen LogP contribution in [-0.4, -0.2) is 15.0 Å². The summed E-state index contributed by atoms with van der Waals surface area (Å²) in [5.74, 6) is 0.302. The fourth-order valence-corrected chi connectivity index (χ4v) is 2.16. The van der Waals surface area contributed by atoms with E-state index in [2.05, 4.69) is 0 Å². The van der Waals surface area contributed by atoms with Crippen LogP contribution in [0.5, 0.6) is 0 Å². The van der Waals surface area contributed by atoms with Crippen LogP contribution in [0.1, 0.15) is 6.92 Å². The number of non-ortho nitro benzene ring substituents is 1. The average Bonchev–Trinajstić information content (AvgIpc) is 2.18. The van der Waals surface area contributed by atoms with E-state index >= 15 is 0 Å². The molecule has 6 heteroatoms. The molecule has 0 saturated carbocycles. The Morgan fingerprint density at radius 3 is 2.40 bits per heavy atom. The maximum atomic E-state index is 10.4. The molecule has 1 aromatic rings. The summed E-state index contributed by atoms with van der Waals surface area (Å²) in [4.78, 5) is 10.8. The van der Waals surface area contributed by atoms with E-state index in [1.54, 1.807) is 19.1 Å². The zero-order chi connectivity index (χ0) is 11.5. The number of hydrogen-bond donors (Lipinski definition) is 0. The van der Waals surface area contributed by atoms with Crippen molar-refractivity contribution in [3.05, 3.63) is 34.4 Å². The summed E-state index contributed by atoms with van der Waals surface area (Å²) in [6, 6.07) is 6.22. The predicted octanol–water partition coefficient (Wildman–Crippen LogP) is 3.88. The van der Waals surface area contributed by atoms with E-state index in [4.69, 9.17) is 23.2 Å². The number of rotatable bonds is 4. The lowest BCUT2D eigenvalue weighted by Crippen LogP contribution is -2.11. The molecular weight excluding hydrogens is 257 g/mol. The van der Waals surface area contributed by atoms with E-state index < -0.39 is 9.13 Å². The number of halogens is 2. The van der Waals surface area contributed by atoms with E-state index in [0.717, 1.165) is 4.90 Å². The lowest BCUT2D eigenvalue weighted by atomic mass is 10.3. The average molecular weight is 266 g/mol. The molecule has 0 spiro atoms. The summed E-state index contributed by atoms with van der Waals surface area (Å²) in [5.41, 5.74) is 0.0708. The molecule has 0 aliphatic rings. The van der Waals surface area contributed by atoms with E-state index in [0.29, 0.717) is 5.88 Å². The van der Waals surface area contributed by atoms with Gasteiger partial charge in [0, 0.05) is 17.0 Å². The second-order valence-corrected chi connectivity index (χ2v) is 5.99. The Morgan fingerprint density at radius 2 is 2.00 bits per heavy atom. The zero-order valence-corrected chi connectivity index (χ0v) is 10.3. The first-order valence-electron chi connectivity index (χ1n) is 4.13. The predicted molar refractivity (Wildman–Crippen MR) is 63.9 cm³/mol. The van der Waals surface area contributed by atoms with E-state index in [1.807, 2.05) is 0 Å². The van der Waals surface area contributed by atoms with Gasteiger partial charge >= 0.3 is 0 Å². The molecule has 82 valence electrons. The molecule has 0 fully saturated rings. The lowest BCUT2D eigenvalue weighted by molar-refractivity contribution is -0.384. The van der Waals surface area contributed by atoms with Crippen LogP contribution in [0.25, 0.3) is 0 Å². The summed E-state index contributed by atoms with van der Waals surface area (Å²) in [6.07, 6.45) is 0. The summed E-state index contributed by atoms with van der Waals surface area (Å²) >= 11 is 13.1. The first-order chi connectivity index (χ1) is 6.94. The van der Waals surface area contributed by atoms with Gasteiger partial charge in [0.05, 0.1) is 10.8 Å². The first kappa shape index (κ1) is 12.6. The highest BCUT2D eigenvalue weighted by Crippen LogP contribution is 2.37. The Kier molecular flexibility index (Phi) is 4.25. The third-order valence-corrected chi connectivity index (χ3v) is 3.89. The van der Waals surface area contributed by atoms with Crippen LogP contribution in [0, 0.1) is 10.1 Å². The molecule has 0 saturated heterocycles. The van der Waals surface area contributed by atoms with Crippen LogP contribution in [0.4, 0.5) is 5.69 Å². The summed E-state index contributed by atoms with van der Waals surface area (Å²) < 4.78 is -0.586. The normalized spacial score (nSPS) is 14.6. The highest BCUT2D eigenvalue weighted by molar-refractivity contribution is 8.02. The molecule has 3 nitrogen and oxygen atoms in total. The van der Waals surface area contributed by atoms with Crippen molar-refractivity contribution in [3.8, 4) is 0 Å². The molecule has 0 bridgehead atoms. The Morgan fingerprint density at radius 1 is 1.47 bits per heavy atom. The minimum Gasteiger partial charge on any atom is -0.258 e. The molecule has 0 N–H and O–H groups in total. The first-order valence-corrected chi connectivity index (χ1v) is 5.86. The quantitative estimate of drug-likeness (QED) is 0.359. The van der Waals surface area contributed by atoms with Crippen LogP contribution in [-0.2, 0) is 0 Å². The number of alkyl halides is 2. The van der Waals surface area contributed by atoms with Crippen LogP contribution in [0.3, 0.4) is 0 Å². The molecule has 15 heavy (non-hydrogen) atoms. The van der Waals surface area contributed by atoms with Crippen LogP contribution >= 0.6 is 35.0 Å². The van der Waals surface area contributed by atoms with Gasteiger partial charge in [-0.3, -0.25) is 10.1 Å². The topological polar surface area (TPSA) is 43.1 Å². The van der Waals surface area contributed by atoms with Gasteiger partial charge in [0.2, 0.25) is 0 Å². The maximum absolute atomic E-state index is 10.4. The van der Waals surface area contributed by atoms with Gasteiger partial charge in [0.25, 0.3) is 5.69 Å². The minimum atomic E-state index is -0.586. The van der Waals surface area contributed by atoms with Gasteiger partial charge in [-0.15, -0.1) is 35.0 Å². The second kappa shape index (κ2) is 5.05. The summed E-state index contributed by atoms with van der Waals surface area (Å²) in [6.45, 7) is 1.80. The largest absolute Gasteiger partial charge is 0.269 e. The molecule has 0 heterocycles. The molecule has 0 aliphatic heterocycles. The molecule has 1 rings (SSSR count). The molecule has 0 aliphatic carbocycles. The molecule has 0 amide bonds. The molecule has 0 radical (unpaired) electrons. The van der Waals surface area contributed by atoms with Crippen molar-refractivity contribution in [2.75, 3.05) is 5.88 Å². The van der Waals surface area contributed by atoms with Crippen molar-refractivity contribution in [1.29, 1.82) is 0 Å². The standard InChI is InChI=1S/C9H9Cl2NO2S/c1-9(11,6-10)15-8-4-2-7(3-5-8)12(13)14/h2-5H,6H2,1H3. The lowest BCUT2D eigenvalue weighted by Gasteiger charge is -2.17. The Bertz CT molecular complexity index is 354. The highest BCUT2D eigenvalue weighted by Gasteiger charge is 2.21. The van der Waals surface area contributed by atoms with Crippen LogP contribution in [0.2, 0.25) is 0 Å². The third-order valence-electron chi connectivity index (χ3n) is 1.62. The Balaban J connectivity index is 2.77. The number of nitrogens with zero attached hydrogens (tertiary/aromatic N) is 1. The number of hydrogen-bond acceptors (Lipinski definition) is 3. The zero-order valence-electron chi connectivity index (χ0n) is 7.94. The third kappa shape index (κ3) is 3.89. The Hall–Kier alpha value is -0.450. The van der Waals surface area contributed by atoms with Gasteiger partial charge in [-0.1, -0.05) is 0 Å². The minimum absolute atomic E-state index is 0.0708.